The van der Waals surface area contributed by atoms with E-state index in [0.29, 0.717) is 32.4 Å². The fraction of sp³-hybridized carbons (Fsp3) is 0.923. The maximum atomic E-state index is 12.3. The summed E-state index contributed by atoms with van der Waals surface area (Å²) in [5.74, 6) is -0.470. The van der Waals surface area contributed by atoms with Crippen LogP contribution >= 0.6 is 0 Å². The molecule has 0 aromatic heterocycles. The summed E-state index contributed by atoms with van der Waals surface area (Å²) in [6, 6.07) is 0. The monoisotopic (exact) mass is 298 g/mol. The van der Waals surface area contributed by atoms with Crippen molar-refractivity contribution in [3.8, 4) is 0 Å². The Labute approximate surface area is 118 Å². The van der Waals surface area contributed by atoms with E-state index < -0.39 is 24.2 Å². The molecule has 0 aliphatic heterocycles. The van der Waals surface area contributed by atoms with E-state index >= 15 is 0 Å². The molecule has 120 valence electrons. The van der Waals surface area contributed by atoms with Crippen LogP contribution < -0.4 is 5.73 Å². The molecule has 4 nitrogen and oxygen atoms in total. The smallest absolute Gasteiger partial charge is 0.401 e. The Morgan fingerprint density at radius 1 is 1.25 bits per heavy atom. The van der Waals surface area contributed by atoms with Gasteiger partial charge in [-0.05, 0) is 46.2 Å². The molecular weight excluding hydrogens is 273 g/mol. The third-order valence-electron chi connectivity index (χ3n) is 3.01. The number of ether oxygens (including phenoxy) is 1. The van der Waals surface area contributed by atoms with Gasteiger partial charge in [0, 0.05) is 0 Å². The zero-order valence-electron chi connectivity index (χ0n) is 12.4. The van der Waals surface area contributed by atoms with E-state index in [1.54, 1.807) is 20.8 Å². The zero-order chi connectivity index (χ0) is 15.8. The molecule has 20 heavy (non-hydrogen) atoms. The highest BCUT2D eigenvalue weighted by Gasteiger charge is 2.31. The molecule has 0 amide bonds. The molecule has 0 spiro atoms. The highest BCUT2D eigenvalue weighted by molar-refractivity contribution is 5.79. The number of alkyl halides is 3. The summed E-state index contributed by atoms with van der Waals surface area (Å²) in [5.41, 5.74) is 4.76. The van der Waals surface area contributed by atoms with Crippen LogP contribution in [0, 0.1) is 0 Å². The fourth-order valence-corrected chi connectivity index (χ4v) is 1.83. The summed E-state index contributed by atoms with van der Waals surface area (Å²) in [6.07, 6.45) is -2.63. The molecule has 0 saturated carbocycles. The van der Waals surface area contributed by atoms with E-state index in [1.807, 2.05) is 0 Å². The van der Waals surface area contributed by atoms with Crippen LogP contribution in [0.2, 0.25) is 0 Å². The molecule has 2 N–H and O–H groups in total. The van der Waals surface area contributed by atoms with Gasteiger partial charge in [0.15, 0.2) is 0 Å². The second-order valence-electron chi connectivity index (χ2n) is 5.08. The Kier molecular flexibility index (Phi) is 8.12. The number of nitrogens with zero attached hydrogens (tertiary/aromatic N) is 1. The lowest BCUT2D eigenvalue weighted by molar-refractivity contribution is -0.149. The first-order valence-electron chi connectivity index (χ1n) is 6.87. The van der Waals surface area contributed by atoms with E-state index in [-0.39, 0.29) is 6.61 Å². The third-order valence-corrected chi connectivity index (χ3v) is 3.01. The number of unbranched alkanes of at least 4 members (excludes halogenated alkanes) is 1. The van der Waals surface area contributed by atoms with Crippen LogP contribution in [0.25, 0.3) is 0 Å². The molecule has 0 aromatic carbocycles. The minimum absolute atomic E-state index is 0.265. The maximum Gasteiger partial charge on any atom is 0.401 e. The van der Waals surface area contributed by atoms with E-state index in [4.69, 9.17) is 10.5 Å². The van der Waals surface area contributed by atoms with E-state index in [9.17, 15) is 18.0 Å². The van der Waals surface area contributed by atoms with Crippen LogP contribution in [0.15, 0.2) is 0 Å². The Morgan fingerprint density at radius 2 is 1.85 bits per heavy atom. The molecule has 7 heteroatoms. The van der Waals surface area contributed by atoms with Gasteiger partial charge in [-0.3, -0.25) is 9.69 Å². The number of halogens is 3. The molecular formula is C13H25F3N2O2. The number of carbonyl (C=O) groups excluding carboxylic acids is 1. The van der Waals surface area contributed by atoms with Crippen molar-refractivity contribution in [2.24, 2.45) is 5.73 Å². The number of hydrogen-bond donors (Lipinski definition) is 1. The molecule has 1 unspecified atom stereocenters. The molecule has 0 fully saturated rings. The second kappa shape index (κ2) is 8.46. The molecule has 0 radical (unpaired) electrons. The first-order valence-corrected chi connectivity index (χ1v) is 6.87. The largest absolute Gasteiger partial charge is 0.465 e. The summed E-state index contributed by atoms with van der Waals surface area (Å²) >= 11 is 0. The van der Waals surface area contributed by atoms with Gasteiger partial charge in [0.05, 0.1) is 13.2 Å². The van der Waals surface area contributed by atoms with Crippen LogP contribution in [-0.4, -0.2) is 48.8 Å². The highest BCUT2D eigenvalue weighted by atomic mass is 19.4. The molecule has 0 rings (SSSR count). The fourth-order valence-electron chi connectivity index (χ4n) is 1.83. The van der Waals surface area contributed by atoms with Crippen molar-refractivity contribution in [2.45, 2.75) is 51.7 Å². The summed E-state index contributed by atoms with van der Waals surface area (Å²) in [5, 5.41) is 0. The predicted molar refractivity (Wildman–Crippen MR) is 71.2 cm³/mol. The number of carbonyl (C=O) groups is 1. The van der Waals surface area contributed by atoms with Crippen molar-refractivity contribution in [1.82, 2.24) is 4.90 Å². The molecule has 0 saturated heterocycles. The number of nitrogens with two attached hydrogens (primary N) is 1. The van der Waals surface area contributed by atoms with Gasteiger partial charge in [0.1, 0.15) is 5.54 Å². The number of esters is 1. The Balaban J connectivity index is 4.02. The normalized spacial score (nSPS) is 15.2. The zero-order valence-corrected chi connectivity index (χ0v) is 12.4. The van der Waals surface area contributed by atoms with E-state index in [2.05, 4.69) is 0 Å². The van der Waals surface area contributed by atoms with Gasteiger partial charge in [0.25, 0.3) is 0 Å². The van der Waals surface area contributed by atoms with Gasteiger partial charge in [-0.15, -0.1) is 0 Å². The van der Waals surface area contributed by atoms with Gasteiger partial charge >= 0.3 is 12.1 Å². The molecule has 0 aliphatic rings. The average molecular weight is 298 g/mol. The van der Waals surface area contributed by atoms with Crippen molar-refractivity contribution in [1.29, 1.82) is 0 Å². The van der Waals surface area contributed by atoms with Gasteiger partial charge in [0.2, 0.25) is 0 Å². The predicted octanol–water partition coefficient (Wildman–Crippen LogP) is 2.32. The first-order chi connectivity index (χ1) is 9.12. The van der Waals surface area contributed by atoms with Crippen molar-refractivity contribution in [3.63, 3.8) is 0 Å². The van der Waals surface area contributed by atoms with E-state index in [0.717, 1.165) is 0 Å². The van der Waals surface area contributed by atoms with Crippen molar-refractivity contribution in [3.05, 3.63) is 0 Å². The Hall–Kier alpha value is -0.820. The van der Waals surface area contributed by atoms with Crippen LogP contribution in [-0.2, 0) is 9.53 Å². The van der Waals surface area contributed by atoms with Crippen molar-refractivity contribution >= 4 is 5.97 Å². The Morgan fingerprint density at radius 3 is 2.30 bits per heavy atom. The second-order valence-corrected chi connectivity index (χ2v) is 5.08. The minimum Gasteiger partial charge on any atom is -0.465 e. The molecule has 1 atom stereocenters. The van der Waals surface area contributed by atoms with Crippen LogP contribution in [0.5, 0.6) is 0 Å². The van der Waals surface area contributed by atoms with Crippen LogP contribution in [0.3, 0.4) is 0 Å². The van der Waals surface area contributed by atoms with Crippen molar-refractivity contribution < 1.29 is 22.7 Å². The third kappa shape index (κ3) is 8.37. The van der Waals surface area contributed by atoms with Gasteiger partial charge in [-0.25, -0.2) is 0 Å². The maximum absolute atomic E-state index is 12.3. The van der Waals surface area contributed by atoms with Crippen molar-refractivity contribution in [2.75, 3.05) is 26.2 Å². The van der Waals surface area contributed by atoms with E-state index in [1.165, 1.54) is 4.90 Å². The van der Waals surface area contributed by atoms with Crippen LogP contribution in [0.4, 0.5) is 13.2 Å². The standard InChI is InChI=1S/C13H25F3N2O2/c1-4-18(10-13(14,15)16)9-7-6-8-12(3,17)11(19)20-5-2/h4-10,17H2,1-3H3. The first kappa shape index (κ1) is 19.2. The Bertz CT molecular complexity index is 294. The lowest BCUT2D eigenvalue weighted by atomic mass is 9.96. The lowest BCUT2D eigenvalue weighted by Gasteiger charge is -2.24. The lowest BCUT2D eigenvalue weighted by Crippen LogP contribution is -2.46. The summed E-state index contributed by atoms with van der Waals surface area (Å²) in [6.45, 7) is 5.02. The minimum atomic E-state index is -4.18. The van der Waals surface area contributed by atoms with Gasteiger partial charge in [-0.2, -0.15) is 13.2 Å². The summed E-state index contributed by atoms with van der Waals surface area (Å²) < 4.78 is 41.6. The average Bonchev–Trinajstić information content (AvgIpc) is 2.31. The molecule has 0 aliphatic carbocycles. The molecule has 0 bridgehead atoms. The summed E-state index contributed by atoms with van der Waals surface area (Å²) in [7, 11) is 0. The number of rotatable bonds is 9. The van der Waals surface area contributed by atoms with Gasteiger partial charge in [-0.1, -0.05) is 6.92 Å². The molecule has 0 aromatic rings. The highest BCUT2D eigenvalue weighted by Crippen LogP contribution is 2.17. The molecule has 0 heterocycles. The topological polar surface area (TPSA) is 55.6 Å². The SMILES string of the molecule is CCOC(=O)C(C)(N)CCCCN(CC)CC(F)(F)F. The van der Waals surface area contributed by atoms with Gasteiger partial charge < -0.3 is 10.5 Å². The quantitative estimate of drug-likeness (QED) is 0.524. The summed E-state index contributed by atoms with van der Waals surface area (Å²) in [4.78, 5) is 12.9. The van der Waals surface area contributed by atoms with Crippen LogP contribution in [0.1, 0.15) is 40.0 Å². The number of hydrogen-bond acceptors (Lipinski definition) is 4.